The van der Waals surface area contributed by atoms with Crippen molar-refractivity contribution in [3.05, 3.63) is 71.3 Å². The summed E-state index contributed by atoms with van der Waals surface area (Å²) >= 11 is 0. The summed E-state index contributed by atoms with van der Waals surface area (Å²) in [6, 6.07) is 17.4. The van der Waals surface area contributed by atoms with Gasteiger partial charge in [-0.3, -0.25) is 9.69 Å². The van der Waals surface area contributed by atoms with E-state index in [1.165, 1.54) is 10.6 Å². The molecular formula is C24H34ClN3O4S. The van der Waals surface area contributed by atoms with Gasteiger partial charge in [-0.25, -0.2) is 12.7 Å². The number of benzene rings is 2. The van der Waals surface area contributed by atoms with E-state index >= 15 is 0 Å². The summed E-state index contributed by atoms with van der Waals surface area (Å²) in [5.74, 6) is 0.0135. The predicted octanol–water partition coefficient (Wildman–Crippen LogP) is 2.31. The lowest BCUT2D eigenvalue weighted by molar-refractivity contribution is -0.131. The number of hydrogen-bond acceptors (Lipinski definition) is 5. The smallest absolute Gasteiger partial charge is 0.227 e. The molecule has 2 atom stereocenters. The Balaban J connectivity index is 0.00000385. The van der Waals surface area contributed by atoms with Crippen molar-refractivity contribution < 1.29 is 18.3 Å². The van der Waals surface area contributed by atoms with E-state index < -0.39 is 10.0 Å². The highest BCUT2D eigenvalue weighted by Crippen LogP contribution is 2.24. The van der Waals surface area contributed by atoms with E-state index in [4.69, 9.17) is 0 Å². The molecule has 0 bridgehead atoms. The Kier molecular flexibility index (Phi) is 9.87. The van der Waals surface area contributed by atoms with Gasteiger partial charge >= 0.3 is 0 Å². The molecule has 0 radical (unpaired) electrons. The van der Waals surface area contributed by atoms with Crippen LogP contribution in [0.5, 0.6) is 0 Å². The quantitative estimate of drug-likeness (QED) is 0.577. The molecule has 0 spiro atoms. The molecule has 33 heavy (non-hydrogen) atoms. The fourth-order valence-electron chi connectivity index (χ4n) is 3.96. The fourth-order valence-corrected chi connectivity index (χ4v) is 4.34. The zero-order chi connectivity index (χ0) is 23.3. The van der Waals surface area contributed by atoms with E-state index in [1.807, 2.05) is 61.6 Å². The van der Waals surface area contributed by atoms with Gasteiger partial charge in [0.1, 0.15) is 0 Å². The zero-order valence-corrected chi connectivity index (χ0v) is 21.1. The van der Waals surface area contributed by atoms with Gasteiger partial charge in [-0.2, -0.15) is 0 Å². The van der Waals surface area contributed by atoms with E-state index in [-0.39, 0.29) is 36.9 Å². The SMILES string of the molecule is CN(C(=O)Cc1ccc(CN(C)S(C)(=O)=O)cc1)[C@H](CN1CC[C@H](O)C1)c1ccccc1.Cl. The van der Waals surface area contributed by atoms with Crippen molar-refractivity contribution in [2.24, 2.45) is 0 Å². The molecule has 7 nitrogen and oxygen atoms in total. The predicted molar refractivity (Wildman–Crippen MR) is 133 cm³/mol. The molecule has 1 amide bonds. The molecule has 2 aromatic carbocycles. The van der Waals surface area contributed by atoms with Crippen LogP contribution in [0.3, 0.4) is 0 Å². The molecule has 0 unspecified atom stereocenters. The first-order valence-corrected chi connectivity index (χ1v) is 12.7. The van der Waals surface area contributed by atoms with E-state index in [0.29, 0.717) is 19.6 Å². The molecule has 1 saturated heterocycles. The summed E-state index contributed by atoms with van der Waals surface area (Å²) in [4.78, 5) is 17.1. The second kappa shape index (κ2) is 11.9. The highest BCUT2D eigenvalue weighted by Gasteiger charge is 2.28. The topological polar surface area (TPSA) is 81.2 Å². The molecule has 0 aromatic heterocycles. The van der Waals surface area contributed by atoms with Crippen LogP contribution >= 0.6 is 12.4 Å². The maximum Gasteiger partial charge on any atom is 0.227 e. The van der Waals surface area contributed by atoms with Crippen LogP contribution in [-0.2, 0) is 27.8 Å². The Bertz CT molecular complexity index is 1000. The van der Waals surface area contributed by atoms with Crippen molar-refractivity contribution in [2.75, 3.05) is 40.0 Å². The summed E-state index contributed by atoms with van der Waals surface area (Å²) in [5.41, 5.74) is 2.83. The number of nitrogens with zero attached hydrogens (tertiary/aromatic N) is 3. The van der Waals surface area contributed by atoms with Gasteiger partial charge in [0.05, 0.1) is 24.8 Å². The number of aliphatic hydroxyl groups is 1. The average Bonchev–Trinajstić information content (AvgIpc) is 3.17. The fraction of sp³-hybridized carbons (Fsp3) is 0.458. The Labute approximate surface area is 203 Å². The molecule has 2 aromatic rings. The standard InChI is InChI=1S/C24H33N3O4S.ClH/c1-25(32(3,30)31)16-20-11-9-19(10-12-20)15-24(29)26(2)23(21-7-5-4-6-8-21)18-27-14-13-22(28)17-27;/h4-12,22-23,28H,13-18H2,1-3H3;1H/t22-,23+;/m0./s1. The second-order valence-electron chi connectivity index (χ2n) is 8.65. The normalized spacial score (nSPS) is 17.5. The van der Waals surface area contributed by atoms with Crippen molar-refractivity contribution in [1.82, 2.24) is 14.1 Å². The van der Waals surface area contributed by atoms with Gasteiger partial charge in [0.25, 0.3) is 0 Å². The van der Waals surface area contributed by atoms with E-state index in [2.05, 4.69) is 4.90 Å². The lowest BCUT2D eigenvalue weighted by atomic mass is 10.0. The van der Waals surface area contributed by atoms with Gasteiger partial charge in [0.2, 0.25) is 15.9 Å². The first-order chi connectivity index (χ1) is 15.1. The van der Waals surface area contributed by atoms with Gasteiger partial charge in [-0.05, 0) is 23.1 Å². The molecule has 0 aliphatic carbocycles. The van der Waals surface area contributed by atoms with Crippen LogP contribution in [-0.4, -0.2) is 79.6 Å². The van der Waals surface area contributed by atoms with Crippen molar-refractivity contribution in [2.45, 2.75) is 31.5 Å². The van der Waals surface area contributed by atoms with Crippen LogP contribution in [0.25, 0.3) is 0 Å². The number of likely N-dealkylation sites (tertiary alicyclic amines) is 1. The third-order valence-corrected chi connectivity index (χ3v) is 7.34. The summed E-state index contributed by atoms with van der Waals surface area (Å²) in [6.45, 7) is 2.44. The van der Waals surface area contributed by atoms with Crippen LogP contribution < -0.4 is 0 Å². The van der Waals surface area contributed by atoms with Crippen LogP contribution in [0.2, 0.25) is 0 Å². The van der Waals surface area contributed by atoms with Crippen LogP contribution in [0.1, 0.15) is 29.2 Å². The highest BCUT2D eigenvalue weighted by atomic mass is 35.5. The molecule has 0 saturated carbocycles. The number of β-amino-alcohol motifs (C(OH)–C–C–N with tert-alkyl or cyclic N) is 1. The number of carbonyl (C=O) groups is 1. The molecule has 1 N–H and O–H groups in total. The molecule has 3 rings (SSSR count). The number of hydrogen-bond donors (Lipinski definition) is 1. The van der Waals surface area contributed by atoms with Crippen molar-refractivity contribution in [1.29, 1.82) is 0 Å². The Morgan fingerprint density at radius 3 is 2.24 bits per heavy atom. The minimum absolute atomic E-state index is 0. The number of aliphatic hydroxyl groups excluding tert-OH is 1. The minimum atomic E-state index is -3.24. The number of carbonyl (C=O) groups excluding carboxylic acids is 1. The summed E-state index contributed by atoms with van der Waals surface area (Å²) in [7, 11) is 0.144. The van der Waals surface area contributed by atoms with Crippen LogP contribution in [0.4, 0.5) is 0 Å². The number of rotatable bonds is 9. The van der Waals surface area contributed by atoms with Gasteiger partial charge in [0.15, 0.2) is 0 Å². The van der Waals surface area contributed by atoms with E-state index in [9.17, 15) is 18.3 Å². The molecule has 1 aliphatic rings. The monoisotopic (exact) mass is 495 g/mol. The third kappa shape index (κ3) is 7.79. The Hall–Kier alpha value is -1.97. The molecule has 1 aliphatic heterocycles. The van der Waals surface area contributed by atoms with E-state index in [1.54, 1.807) is 11.9 Å². The molecule has 1 fully saturated rings. The molecule has 182 valence electrons. The number of sulfonamides is 1. The highest BCUT2D eigenvalue weighted by molar-refractivity contribution is 7.88. The van der Waals surface area contributed by atoms with Crippen molar-refractivity contribution >= 4 is 28.3 Å². The maximum atomic E-state index is 13.1. The van der Waals surface area contributed by atoms with Crippen LogP contribution in [0, 0.1) is 0 Å². The third-order valence-electron chi connectivity index (χ3n) is 6.07. The first-order valence-electron chi connectivity index (χ1n) is 10.8. The van der Waals surface area contributed by atoms with Gasteiger partial charge in [-0.1, -0.05) is 54.6 Å². The summed E-state index contributed by atoms with van der Waals surface area (Å²) in [5, 5.41) is 9.89. The average molecular weight is 496 g/mol. The number of amides is 1. The number of likely N-dealkylation sites (N-methyl/N-ethyl adjacent to an activating group) is 1. The van der Waals surface area contributed by atoms with Crippen molar-refractivity contribution in [3.63, 3.8) is 0 Å². The largest absolute Gasteiger partial charge is 0.392 e. The van der Waals surface area contributed by atoms with Gasteiger partial charge < -0.3 is 10.0 Å². The first kappa shape index (κ1) is 27.3. The van der Waals surface area contributed by atoms with Gasteiger partial charge in [0, 0.05) is 40.3 Å². The Morgan fingerprint density at radius 1 is 1.09 bits per heavy atom. The zero-order valence-electron chi connectivity index (χ0n) is 19.4. The van der Waals surface area contributed by atoms with Crippen molar-refractivity contribution in [3.8, 4) is 0 Å². The summed E-state index contributed by atoms with van der Waals surface area (Å²) in [6.07, 6.45) is 1.92. The lowest BCUT2D eigenvalue weighted by Gasteiger charge is -2.32. The Morgan fingerprint density at radius 2 is 1.70 bits per heavy atom. The van der Waals surface area contributed by atoms with E-state index in [0.717, 1.165) is 29.7 Å². The lowest BCUT2D eigenvalue weighted by Crippen LogP contribution is -2.39. The minimum Gasteiger partial charge on any atom is -0.392 e. The molecule has 1 heterocycles. The molecular weight excluding hydrogens is 462 g/mol. The van der Waals surface area contributed by atoms with Gasteiger partial charge in [-0.15, -0.1) is 12.4 Å². The number of halogens is 1. The second-order valence-corrected chi connectivity index (χ2v) is 10.7. The maximum absolute atomic E-state index is 13.1. The molecule has 9 heteroatoms. The summed E-state index contributed by atoms with van der Waals surface area (Å²) < 4.78 is 24.5. The van der Waals surface area contributed by atoms with Crippen LogP contribution in [0.15, 0.2) is 54.6 Å².